The summed E-state index contributed by atoms with van der Waals surface area (Å²) in [5.41, 5.74) is 0.660. The van der Waals surface area contributed by atoms with Crippen molar-refractivity contribution in [3.05, 3.63) is 27.7 Å². The highest BCUT2D eigenvalue weighted by Crippen LogP contribution is 2.25. The van der Waals surface area contributed by atoms with Gasteiger partial charge in [0.2, 0.25) is 5.91 Å². The highest BCUT2D eigenvalue weighted by atomic mass is 79.9. The molecule has 0 fully saturated rings. The van der Waals surface area contributed by atoms with Gasteiger partial charge >= 0.3 is 0 Å². The summed E-state index contributed by atoms with van der Waals surface area (Å²) in [6, 6.07) is 5.22. The van der Waals surface area contributed by atoms with E-state index in [4.69, 9.17) is 16.3 Å². The summed E-state index contributed by atoms with van der Waals surface area (Å²) in [6.07, 6.45) is 0. The van der Waals surface area contributed by atoms with Gasteiger partial charge < -0.3 is 10.1 Å². The number of ether oxygens (including phenoxy) is 1. The second-order valence-electron chi connectivity index (χ2n) is 2.81. The average Bonchev–Trinajstić information content (AvgIpc) is 2.20. The average molecular weight is 293 g/mol. The Morgan fingerprint density at radius 3 is 2.93 bits per heavy atom. The van der Waals surface area contributed by atoms with Crippen LogP contribution in [-0.4, -0.2) is 19.1 Å². The summed E-state index contributed by atoms with van der Waals surface area (Å²) in [5, 5.41) is 3.24. The SMILES string of the molecule is CCOCC(=O)Nc1ccc(Br)c(Cl)c1. The second-order valence-corrected chi connectivity index (χ2v) is 4.08. The van der Waals surface area contributed by atoms with Crippen molar-refractivity contribution < 1.29 is 9.53 Å². The van der Waals surface area contributed by atoms with Gasteiger partial charge in [0.15, 0.2) is 0 Å². The van der Waals surface area contributed by atoms with Gasteiger partial charge in [0.25, 0.3) is 0 Å². The summed E-state index contributed by atoms with van der Waals surface area (Å²) in [4.78, 5) is 11.3. The summed E-state index contributed by atoms with van der Waals surface area (Å²) >= 11 is 9.14. The zero-order chi connectivity index (χ0) is 11.3. The minimum Gasteiger partial charge on any atom is -0.372 e. The molecule has 15 heavy (non-hydrogen) atoms. The molecule has 1 rings (SSSR count). The monoisotopic (exact) mass is 291 g/mol. The van der Waals surface area contributed by atoms with Gasteiger partial charge in [-0.05, 0) is 41.1 Å². The Bertz CT molecular complexity index is 357. The normalized spacial score (nSPS) is 10.1. The van der Waals surface area contributed by atoms with Crippen LogP contribution in [-0.2, 0) is 9.53 Å². The molecule has 0 bridgehead atoms. The first-order chi connectivity index (χ1) is 7.13. The number of halogens is 2. The highest BCUT2D eigenvalue weighted by Gasteiger charge is 2.03. The molecule has 0 aliphatic heterocycles. The first kappa shape index (κ1) is 12.5. The van der Waals surface area contributed by atoms with Crippen LogP contribution in [0.4, 0.5) is 5.69 Å². The fourth-order valence-electron chi connectivity index (χ4n) is 0.966. The van der Waals surface area contributed by atoms with Crippen molar-refractivity contribution in [2.24, 2.45) is 0 Å². The molecule has 0 radical (unpaired) electrons. The molecule has 0 unspecified atom stereocenters. The van der Waals surface area contributed by atoms with Gasteiger partial charge in [-0.3, -0.25) is 4.79 Å². The van der Waals surface area contributed by atoms with Gasteiger partial charge in [-0.25, -0.2) is 0 Å². The van der Waals surface area contributed by atoms with Crippen LogP contribution in [0.1, 0.15) is 6.92 Å². The van der Waals surface area contributed by atoms with E-state index in [1.165, 1.54) is 0 Å². The van der Waals surface area contributed by atoms with E-state index in [0.29, 0.717) is 17.3 Å². The number of nitrogens with one attached hydrogen (secondary N) is 1. The third-order valence-electron chi connectivity index (χ3n) is 1.64. The van der Waals surface area contributed by atoms with Crippen molar-refractivity contribution in [1.82, 2.24) is 0 Å². The zero-order valence-corrected chi connectivity index (χ0v) is 10.6. The first-order valence-corrected chi connectivity index (χ1v) is 5.63. The number of carbonyl (C=O) groups excluding carboxylic acids is 1. The van der Waals surface area contributed by atoms with Crippen molar-refractivity contribution in [2.75, 3.05) is 18.5 Å². The van der Waals surface area contributed by atoms with Crippen LogP contribution >= 0.6 is 27.5 Å². The smallest absolute Gasteiger partial charge is 0.250 e. The van der Waals surface area contributed by atoms with Crippen LogP contribution in [0.15, 0.2) is 22.7 Å². The fraction of sp³-hybridized carbons (Fsp3) is 0.300. The molecule has 0 saturated heterocycles. The highest BCUT2D eigenvalue weighted by molar-refractivity contribution is 9.10. The van der Waals surface area contributed by atoms with Crippen molar-refractivity contribution >= 4 is 39.1 Å². The molecule has 1 N–H and O–H groups in total. The van der Waals surface area contributed by atoms with Gasteiger partial charge in [0, 0.05) is 16.8 Å². The Kier molecular flexibility index (Phi) is 5.08. The van der Waals surface area contributed by atoms with Gasteiger partial charge in [0.05, 0.1) is 5.02 Å². The van der Waals surface area contributed by atoms with Crippen LogP contribution in [0.5, 0.6) is 0 Å². The molecule has 1 aromatic carbocycles. The van der Waals surface area contributed by atoms with E-state index in [2.05, 4.69) is 21.2 Å². The maximum atomic E-state index is 11.3. The van der Waals surface area contributed by atoms with Crippen molar-refractivity contribution in [3.8, 4) is 0 Å². The number of carbonyl (C=O) groups is 1. The molecular formula is C10H11BrClNO2. The van der Waals surface area contributed by atoms with E-state index < -0.39 is 0 Å². The summed E-state index contributed by atoms with van der Waals surface area (Å²) < 4.78 is 5.77. The number of rotatable bonds is 4. The van der Waals surface area contributed by atoms with Crippen molar-refractivity contribution in [1.29, 1.82) is 0 Å². The fourth-order valence-corrected chi connectivity index (χ4v) is 1.39. The largest absolute Gasteiger partial charge is 0.372 e. The molecular weight excluding hydrogens is 281 g/mol. The van der Waals surface area contributed by atoms with E-state index in [1.807, 2.05) is 6.92 Å². The number of hydrogen-bond acceptors (Lipinski definition) is 2. The van der Waals surface area contributed by atoms with E-state index in [1.54, 1.807) is 18.2 Å². The first-order valence-electron chi connectivity index (χ1n) is 4.46. The molecule has 1 aromatic rings. The van der Waals surface area contributed by atoms with Gasteiger partial charge in [-0.1, -0.05) is 11.6 Å². The van der Waals surface area contributed by atoms with E-state index >= 15 is 0 Å². The molecule has 0 aromatic heterocycles. The second kappa shape index (κ2) is 6.10. The Hall–Kier alpha value is -0.580. The standard InChI is InChI=1S/C10H11BrClNO2/c1-2-15-6-10(14)13-7-3-4-8(11)9(12)5-7/h3-5H,2,6H2,1H3,(H,13,14). The quantitative estimate of drug-likeness (QED) is 0.926. The van der Waals surface area contributed by atoms with Crippen molar-refractivity contribution in [2.45, 2.75) is 6.92 Å². The molecule has 0 aliphatic rings. The van der Waals surface area contributed by atoms with E-state index in [-0.39, 0.29) is 12.5 Å². The lowest BCUT2D eigenvalue weighted by Crippen LogP contribution is -2.18. The summed E-state index contributed by atoms with van der Waals surface area (Å²) in [5.74, 6) is -0.185. The molecule has 0 heterocycles. The number of hydrogen-bond donors (Lipinski definition) is 1. The molecule has 0 atom stereocenters. The lowest BCUT2D eigenvalue weighted by atomic mass is 10.3. The summed E-state index contributed by atoms with van der Waals surface area (Å²) in [6.45, 7) is 2.42. The van der Waals surface area contributed by atoms with Crippen LogP contribution in [0.25, 0.3) is 0 Å². The van der Waals surface area contributed by atoms with Gasteiger partial charge in [0.1, 0.15) is 6.61 Å². The zero-order valence-electron chi connectivity index (χ0n) is 8.22. The molecule has 3 nitrogen and oxygen atoms in total. The van der Waals surface area contributed by atoms with Crippen LogP contribution < -0.4 is 5.32 Å². The Morgan fingerprint density at radius 2 is 2.33 bits per heavy atom. The molecule has 0 spiro atoms. The molecule has 0 aliphatic carbocycles. The minimum absolute atomic E-state index is 0.0597. The maximum absolute atomic E-state index is 11.3. The van der Waals surface area contributed by atoms with Crippen LogP contribution in [0.3, 0.4) is 0 Å². The lowest BCUT2D eigenvalue weighted by Gasteiger charge is -2.06. The maximum Gasteiger partial charge on any atom is 0.250 e. The van der Waals surface area contributed by atoms with Crippen LogP contribution in [0.2, 0.25) is 5.02 Å². The molecule has 0 saturated carbocycles. The lowest BCUT2D eigenvalue weighted by molar-refractivity contribution is -0.120. The molecule has 82 valence electrons. The van der Waals surface area contributed by atoms with Crippen molar-refractivity contribution in [3.63, 3.8) is 0 Å². The molecule has 1 amide bonds. The Labute approximate surface area is 102 Å². The van der Waals surface area contributed by atoms with Gasteiger partial charge in [-0.15, -0.1) is 0 Å². The predicted octanol–water partition coefficient (Wildman–Crippen LogP) is 3.08. The number of anilines is 1. The topological polar surface area (TPSA) is 38.3 Å². The number of amides is 1. The predicted molar refractivity (Wildman–Crippen MR) is 64.3 cm³/mol. The third-order valence-corrected chi connectivity index (χ3v) is 2.87. The van der Waals surface area contributed by atoms with Crippen LogP contribution in [0, 0.1) is 0 Å². The number of benzene rings is 1. The third kappa shape index (κ3) is 4.20. The Morgan fingerprint density at radius 1 is 1.60 bits per heavy atom. The van der Waals surface area contributed by atoms with E-state index in [0.717, 1.165) is 4.47 Å². The van der Waals surface area contributed by atoms with E-state index in [9.17, 15) is 4.79 Å². The van der Waals surface area contributed by atoms with Gasteiger partial charge in [-0.2, -0.15) is 0 Å². The summed E-state index contributed by atoms with van der Waals surface area (Å²) in [7, 11) is 0. The minimum atomic E-state index is -0.185. The Balaban J connectivity index is 2.57. The molecule has 5 heteroatoms.